The molecule has 7 nitrogen and oxygen atoms in total. The zero-order valence-corrected chi connectivity index (χ0v) is 17.5. The number of aromatic nitrogens is 3. The first kappa shape index (κ1) is 20.1. The number of carbonyl (C=O) groups is 1. The minimum Gasteiger partial charge on any atom is -0.481 e. The van der Waals surface area contributed by atoms with Crippen molar-refractivity contribution >= 4 is 22.5 Å². The summed E-state index contributed by atoms with van der Waals surface area (Å²) in [4.78, 5) is 17.6. The first-order valence-electron chi connectivity index (χ1n) is 9.78. The molecule has 4 aromatic rings. The molecule has 4 rings (SSSR count). The van der Waals surface area contributed by atoms with E-state index in [1.807, 2.05) is 54.9 Å². The van der Waals surface area contributed by atoms with E-state index in [9.17, 15) is 4.79 Å². The summed E-state index contributed by atoms with van der Waals surface area (Å²) in [6.07, 6.45) is 0. The van der Waals surface area contributed by atoms with Crippen LogP contribution < -0.4 is 10.1 Å². The van der Waals surface area contributed by atoms with Crippen molar-refractivity contribution < 1.29 is 9.53 Å². The van der Waals surface area contributed by atoms with Crippen LogP contribution in [-0.4, -0.2) is 27.8 Å². The highest BCUT2D eigenvalue weighted by atomic mass is 16.5. The lowest BCUT2D eigenvalue weighted by atomic mass is 10.1. The molecular formula is C24H21N5O2. The molecule has 0 aliphatic rings. The maximum Gasteiger partial charge on any atom is 0.256 e. The van der Waals surface area contributed by atoms with Gasteiger partial charge < -0.3 is 10.1 Å². The van der Waals surface area contributed by atoms with Gasteiger partial charge in [0.25, 0.3) is 5.91 Å². The van der Waals surface area contributed by atoms with Crippen molar-refractivity contribution in [1.29, 1.82) is 5.26 Å². The minimum absolute atomic E-state index is 0.249. The summed E-state index contributed by atoms with van der Waals surface area (Å²) in [6, 6.07) is 18.6. The van der Waals surface area contributed by atoms with Crippen LogP contribution in [0.2, 0.25) is 0 Å². The van der Waals surface area contributed by atoms with Crippen LogP contribution in [0.4, 0.5) is 5.69 Å². The number of ether oxygens (including phenoxy) is 1. The molecule has 0 aliphatic carbocycles. The summed E-state index contributed by atoms with van der Waals surface area (Å²) in [6.45, 7) is 4.33. The maximum atomic E-state index is 13.2. The predicted molar refractivity (Wildman–Crippen MR) is 118 cm³/mol. The summed E-state index contributed by atoms with van der Waals surface area (Å²) in [5.41, 5.74) is 5.07. The van der Waals surface area contributed by atoms with Gasteiger partial charge in [0.2, 0.25) is 5.88 Å². The highest BCUT2D eigenvalue weighted by molar-refractivity contribution is 6.13. The molecule has 154 valence electrons. The number of benzene rings is 2. The van der Waals surface area contributed by atoms with E-state index in [1.54, 1.807) is 18.2 Å². The fraction of sp³-hybridized carbons (Fsp3) is 0.167. The second kappa shape index (κ2) is 8.28. The van der Waals surface area contributed by atoms with E-state index in [1.165, 1.54) is 7.11 Å². The Morgan fingerprint density at radius 2 is 1.90 bits per heavy atom. The van der Waals surface area contributed by atoms with E-state index in [0.29, 0.717) is 34.8 Å². The van der Waals surface area contributed by atoms with Crippen molar-refractivity contribution in [3.05, 3.63) is 82.7 Å². The van der Waals surface area contributed by atoms with Crippen LogP contribution in [0.3, 0.4) is 0 Å². The van der Waals surface area contributed by atoms with Gasteiger partial charge in [-0.2, -0.15) is 10.4 Å². The highest BCUT2D eigenvalue weighted by Gasteiger charge is 2.18. The number of amides is 1. The van der Waals surface area contributed by atoms with E-state index in [-0.39, 0.29) is 5.91 Å². The number of anilines is 1. The number of nitrogens with one attached hydrogen (secondary N) is 1. The Bertz CT molecular complexity index is 1320. The molecule has 7 heteroatoms. The number of aryl methyl sites for hydroxylation is 1. The van der Waals surface area contributed by atoms with Crippen LogP contribution in [0, 0.1) is 25.2 Å². The number of rotatable bonds is 5. The average Bonchev–Trinajstić information content (AvgIpc) is 3.06. The molecule has 0 unspecified atom stereocenters. The van der Waals surface area contributed by atoms with Crippen molar-refractivity contribution in [1.82, 2.24) is 14.8 Å². The molecule has 0 atom stereocenters. The number of fused-ring (bicyclic) bond motifs is 1. The Hall–Kier alpha value is -4.18. The SMILES string of the molecule is COc1cc(C(=O)Nc2c(C)nn(Cc3ccc(C#N)cc3)c2C)c2ccccc2n1. The third-order valence-corrected chi connectivity index (χ3v) is 5.18. The molecule has 31 heavy (non-hydrogen) atoms. The largest absolute Gasteiger partial charge is 0.481 e. The van der Waals surface area contributed by atoms with E-state index in [2.05, 4.69) is 21.5 Å². The third-order valence-electron chi connectivity index (χ3n) is 5.18. The number of para-hydroxylation sites is 1. The quantitative estimate of drug-likeness (QED) is 0.530. The van der Waals surface area contributed by atoms with Gasteiger partial charge in [0, 0.05) is 11.5 Å². The monoisotopic (exact) mass is 411 g/mol. The lowest BCUT2D eigenvalue weighted by Crippen LogP contribution is -2.14. The Morgan fingerprint density at radius 1 is 1.16 bits per heavy atom. The first-order valence-corrected chi connectivity index (χ1v) is 9.78. The van der Waals surface area contributed by atoms with E-state index < -0.39 is 0 Å². The van der Waals surface area contributed by atoms with Gasteiger partial charge in [0.05, 0.1) is 53.4 Å². The summed E-state index contributed by atoms with van der Waals surface area (Å²) in [5.74, 6) is 0.134. The van der Waals surface area contributed by atoms with Crippen molar-refractivity contribution in [2.75, 3.05) is 12.4 Å². The number of pyridine rings is 1. The fourth-order valence-electron chi connectivity index (χ4n) is 3.51. The van der Waals surface area contributed by atoms with Gasteiger partial charge in [-0.3, -0.25) is 9.48 Å². The Labute approximate surface area is 179 Å². The fourth-order valence-corrected chi connectivity index (χ4v) is 3.51. The molecule has 0 fully saturated rings. The molecule has 0 bridgehead atoms. The lowest BCUT2D eigenvalue weighted by Gasteiger charge is -2.10. The topological polar surface area (TPSA) is 92.8 Å². The molecule has 0 saturated carbocycles. The van der Waals surface area contributed by atoms with Crippen LogP contribution in [0.15, 0.2) is 54.6 Å². The summed E-state index contributed by atoms with van der Waals surface area (Å²) < 4.78 is 7.11. The first-order chi connectivity index (χ1) is 15.0. The number of methoxy groups -OCH3 is 1. The van der Waals surface area contributed by atoms with Gasteiger partial charge in [0.1, 0.15) is 0 Å². The molecule has 2 aromatic heterocycles. The predicted octanol–water partition coefficient (Wildman–Crippen LogP) is 4.23. The standard InChI is InChI=1S/C24H21N5O2/c1-15-23(16(2)29(28-15)14-18-10-8-17(13-25)9-11-18)27-24(30)20-12-22(31-3)26-21-7-5-4-6-19(20)21/h4-12H,14H2,1-3H3,(H,27,30). The maximum absolute atomic E-state index is 13.2. The average molecular weight is 411 g/mol. The molecule has 1 N–H and O–H groups in total. The zero-order valence-electron chi connectivity index (χ0n) is 17.5. The molecular weight excluding hydrogens is 390 g/mol. The zero-order chi connectivity index (χ0) is 22.0. The summed E-state index contributed by atoms with van der Waals surface area (Å²) in [7, 11) is 1.53. The second-order valence-electron chi connectivity index (χ2n) is 7.20. The Balaban J connectivity index is 1.63. The van der Waals surface area contributed by atoms with Crippen molar-refractivity contribution in [3.8, 4) is 11.9 Å². The van der Waals surface area contributed by atoms with Crippen molar-refractivity contribution in [2.45, 2.75) is 20.4 Å². The number of hydrogen-bond acceptors (Lipinski definition) is 5. The minimum atomic E-state index is -0.249. The number of hydrogen-bond donors (Lipinski definition) is 1. The second-order valence-corrected chi connectivity index (χ2v) is 7.20. The Morgan fingerprint density at radius 3 is 2.61 bits per heavy atom. The van der Waals surface area contributed by atoms with E-state index in [4.69, 9.17) is 10.00 Å². The van der Waals surface area contributed by atoms with Gasteiger partial charge >= 0.3 is 0 Å². The van der Waals surface area contributed by atoms with Crippen molar-refractivity contribution in [2.24, 2.45) is 0 Å². The molecule has 0 radical (unpaired) electrons. The number of carbonyl (C=O) groups excluding carboxylic acids is 1. The van der Waals surface area contributed by atoms with Crippen molar-refractivity contribution in [3.63, 3.8) is 0 Å². The normalized spacial score (nSPS) is 10.6. The number of nitriles is 1. The number of nitrogens with zero attached hydrogens (tertiary/aromatic N) is 4. The molecule has 1 amide bonds. The van der Waals surface area contributed by atoms with Crippen LogP contribution >= 0.6 is 0 Å². The van der Waals surface area contributed by atoms with Crippen LogP contribution in [-0.2, 0) is 6.54 Å². The lowest BCUT2D eigenvalue weighted by molar-refractivity contribution is 0.102. The van der Waals surface area contributed by atoms with E-state index in [0.717, 1.165) is 22.3 Å². The smallest absolute Gasteiger partial charge is 0.256 e. The third kappa shape index (κ3) is 3.96. The van der Waals surface area contributed by atoms with Gasteiger partial charge in [-0.05, 0) is 37.6 Å². The van der Waals surface area contributed by atoms with Gasteiger partial charge in [-0.25, -0.2) is 4.98 Å². The van der Waals surface area contributed by atoms with Gasteiger partial charge in [-0.1, -0.05) is 30.3 Å². The molecule has 2 aromatic carbocycles. The van der Waals surface area contributed by atoms with Gasteiger partial charge in [-0.15, -0.1) is 0 Å². The Kier molecular flexibility index (Phi) is 5.37. The molecule has 0 aliphatic heterocycles. The van der Waals surface area contributed by atoms with E-state index >= 15 is 0 Å². The van der Waals surface area contributed by atoms with Gasteiger partial charge in [0.15, 0.2) is 0 Å². The van der Waals surface area contributed by atoms with Crippen LogP contribution in [0.1, 0.15) is 32.9 Å². The molecule has 0 spiro atoms. The summed E-state index contributed by atoms with van der Waals surface area (Å²) in [5, 5.41) is 17.3. The highest BCUT2D eigenvalue weighted by Crippen LogP contribution is 2.25. The van der Waals surface area contributed by atoms with Crippen LogP contribution in [0.25, 0.3) is 10.9 Å². The summed E-state index contributed by atoms with van der Waals surface area (Å²) >= 11 is 0. The van der Waals surface area contributed by atoms with Crippen LogP contribution in [0.5, 0.6) is 5.88 Å². The molecule has 0 saturated heterocycles. The molecule has 2 heterocycles.